The number of nitrogens with zero attached hydrogens (tertiary/aromatic N) is 4. The van der Waals surface area contributed by atoms with E-state index in [9.17, 15) is 19.2 Å². The van der Waals surface area contributed by atoms with Crippen LogP contribution in [-0.4, -0.2) is 91.5 Å². The lowest BCUT2D eigenvalue weighted by molar-refractivity contribution is -0.135. The van der Waals surface area contributed by atoms with E-state index in [2.05, 4.69) is 86.6 Å². The van der Waals surface area contributed by atoms with Gasteiger partial charge in [0.1, 0.15) is 23.7 Å². The molecule has 0 aliphatic carbocycles. The molecule has 4 atom stereocenters. The average Bonchev–Trinajstić information content (AvgIpc) is 4.07. The van der Waals surface area contributed by atoms with Crippen LogP contribution in [0.15, 0.2) is 73.1 Å². The van der Waals surface area contributed by atoms with Crippen molar-refractivity contribution in [3.8, 4) is 33.6 Å². The molecule has 2 aliphatic rings. The van der Waals surface area contributed by atoms with Crippen LogP contribution in [0.4, 0.5) is 9.59 Å². The fourth-order valence-electron chi connectivity index (χ4n) is 8.32. The molecule has 0 spiro atoms. The van der Waals surface area contributed by atoms with Crippen molar-refractivity contribution in [3.63, 3.8) is 0 Å². The first-order valence-corrected chi connectivity index (χ1v) is 21.0. The lowest BCUT2D eigenvalue weighted by Crippen LogP contribution is -2.54. The maximum Gasteiger partial charge on any atom is 0.407 e. The van der Waals surface area contributed by atoms with E-state index in [1.54, 1.807) is 0 Å². The van der Waals surface area contributed by atoms with Gasteiger partial charge in [-0.3, -0.25) is 9.59 Å². The van der Waals surface area contributed by atoms with E-state index in [0.29, 0.717) is 19.5 Å². The number of alkyl carbamates (subject to hydrolysis) is 1. The van der Waals surface area contributed by atoms with Gasteiger partial charge in [0.05, 0.1) is 43.0 Å². The predicted molar refractivity (Wildman–Crippen MR) is 232 cm³/mol. The molecule has 14 heteroatoms. The van der Waals surface area contributed by atoms with Crippen molar-refractivity contribution in [2.24, 2.45) is 5.92 Å². The van der Waals surface area contributed by atoms with E-state index in [4.69, 9.17) is 14.7 Å². The quantitative estimate of drug-likeness (QED) is 0.0901. The molecule has 60 heavy (non-hydrogen) atoms. The Bertz CT molecular complexity index is 2340. The molecule has 0 saturated carbocycles. The van der Waals surface area contributed by atoms with E-state index >= 15 is 0 Å². The highest BCUT2D eigenvalue weighted by atomic mass is 16.5. The van der Waals surface area contributed by atoms with E-state index in [0.717, 1.165) is 81.7 Å². The highest BCUT2D eigenvalue weighted by Crippen LogP contribution is 2.35. The first-order valence-electron chi connectivity index (χ1n) is 21.0. The Kier molecular flexibility index (Phi) is 12.3. The third kappa shape index (κ3) is 9.17. The Morgan fingerprint density at radius 3 is 1.82 bits per heavy atom. The number of H-pyrrole nitrogens is 2. The van der Waals surface area contributed by atoms with E-state index in [-0.39, 0.29) is 35.8 Å². The number of amides is 5. The molecule has 2 saturated heterocycles. The number of urea groups is 1. The van der Waals surface area contributed by atoms with Gasteiger partial charge in [0.25, 0.3) is 0 Å². The smallest absolute Gasteiger partial charge is 0.407 e. The summed E-state index contributed by atoms with van der Waals surface area (Å²) in [5.74, 6) is 1.14. The zero-order valence-electron chi connectivity index (χ0n) is 35.6. The summed E-state index contributed by atoms with van der Waals surface area (Å²) in [4.78, 5) is 71.8. The number of hydrogen-bond acceptors (Lipinski definition) is 7. The third-order valence-electron chi connectivity index (χ3n) is 11.5. The Morgan fingerprint density at radius 1 is 0.750 bits per heavy atom. The van der Waals surface area contributed by atoms with Crippen LogP contribution in [0.1, 0.15) is 97.4 Å². The number of carbonyl (C=O) groups is 4. The minimum Gasteiger partial charge on any atom is -0.453 e. The molecule has 14 nitrogen and oxygen atoms in total. The minimum atomic E-state index is -0.687. The number of benzene rings is 3. The summed E-state index contributed by atoms with van der Waals surface area (Å²) in [7, 11) is 1.29. The standard InChI is InChI=1S/C46H57N9O5/c1-8-34(51-44(58)53-46(4,5)6)42(56)54-21-9-11-37(54)40-47-25-35(49-40)29-15-13-28(14-16-29)30-17-18-32-24-33(20-19-31(32)23-30)36-26-48-41(50-36)38-12-10-22-55(38)43(57)39(27(2)3)52-45(59)60-7/h13-20,23-27,34,37-39H,8-12,21-22H2,1-7H3,(H,47,49)(H,48,50)(H,52,59)(H2,51,53,58). The van der Waals surface area contributed by atoms with E-state index in [1.165, 1.54) is 7.11 Å². The Labute approximate surface area is 351 Å². The third-order valence-corrected chi connectivity index (χ3v) is 11.5. The second-order valence-electron chi connectivity index (χ2n) is 17.3. The lowest BCUT2D eigenvalue weighted by Gasteiger charge is -2.30. The van der Waals surface area contributed by atoms with Gasteiger partial charge in [-0.15, -0.1) is 0 Å². The van der Waals surface area contributed by atoms with Crippen molar-refractivity contribution in [1.82, 2.24) is 45.7 Å². The normalized spacial score (nSPS) is 17.8. The second-order valence-corrected chi connectivity index (χ2v) is 17.3. The van der Waals surface area contributed by atoms with Crippen molar-refractivity contribution < 1.29 is 23.9 Å². The first kappa shape index (κ1) is 42.0. The molecule has 5 N–H and O–H groups in total. The van der Waals surface area contributed by atoms with Gasteiger partial charge in [0.2, 0.25) is 11.8 Å². The van der Waals surface area contributed by atoms with Crippen molar-refractivity contribution in [2.45, 2.75) is 103 Å². The number of rotatable bonds is 11. The summed E-state index contributed by atoms with van der Waals surface area (Å²) in [5, 5.41) is 10.7. The number of likely N-dealkylation sites (tertiary alicyclic amines) is 2. The van der Waals surface area contributed by atoms with E-state index in [1.807, 2.05) is 63.7 Å². The van der Waals surface area contributed by atoms with Gasteiger partial charge in [-0.25, -0.2) is 19.6 Å². The summed E-state index contributed by atoms with van der Waals surface area (Å²) >= 11 is 0. The highest BCUT2D eigenvalue weighted by molar-refractivity contribution is 5.91. The number of hydrogen-bond donors (Lipinski definition) is 5. The maximum atomic E-state index is 13.6. The number of aromatic nitrogens is 4. The Balaban J connectivity index is 1.01. The zero-order chi connectivity index (χ0) is 42.7. The lowest BCUT2D eigenvalue weighted by atomic mass is 9.98. The number of ether oxygens (including phenoxy) is 1. The Morgan fingerprint density at radius 2 is 1.27 bits per heavy atom. The van der Waals surface area contributed by atoms with Gasteiger partial charge in [0.15, 0.2) is 0 Å². The molecule has 0 radical (unpaired) electrons. The van der Waals surface area contributed by atoms with Crippen molar-refractivity contribution in [3.05, 3.63) is 84.7 Å². The summed E-state index contributed by atoms with van der Waals surface area (Å²) in [5.41, 5.74) is 5.51. The summed E-state index contributed by atoms with van der Waals surface area (Å²) in [6.45, 7) is 12.6. The van der Waals surface area contributed by atoms with Gasteiger partial charge in [0, 0.05) is 24.2 Å². The van der Waals surface area contributed by atoms with Crippen LogP contribution in [0.3, 0.4) is 0 Å². The van der Waals surface area contributed by atoms with Gasteiger partial charge >= 0.3 is 12.1 Å². The number of imidazole rings is 2. The molecule has 316 valence electrons. The molecule has 0 bridgehead atoms. The van der Waals surface area contributed by atoms with Crippen LogP contribution >= 0.6 is 0 Å². The molecule has 2 fully saturated rings. The number of aromatic amines is 2. The summed E-state index contributed by atoms with van der Waals surface area (Å²) in [6, 6.07) is 19.1. The molecule has 4 unspecified atom stereocenters. The van der Waals surface area contributed by atoms with Crippen LogP contribution in [0.2, 0.25) is 0 Å². The van der Waals surface area contributed by atoms with Gasteiger partial charge in [-0.1, -0.05) is 69.3 Å². The van der Waals surface area contributed by atoms with Gasteiger partial charge in [-0.2, -0.15) is 0 Å². The number of fused-ring (bicyclic) bond motifs is 1. The number of carbonyl (C=O) groups excluding carboxylic acids is 4. The molecule has 5 aromatic rings. The predicted octanol–water partition coefficient (Wildman–Crippen LogP) is 7.87. The summed E-state index contributed by atoms with van der Waals surface area (Å²) < 4.78 is 4.77. The van der Waals surface area contributed by atoms with Gasteiger partial charge < -0.3 is 40.5 Å². The van der Waals surface area contributed by atoms with Crippen molar-refractivity contribution in [2.75, 3.05) is 20.2 Å². The minimum absolute atomic E-state index is 0.0951. The fraction of sp³-hybridized carbons (Fsp3) is 0.435. The van der Waals surface area contributed by atoms with E-state index < -0.39 is 23.7 Å². The first-order chi connectivity index (χ1) is 28.7. The van der Waals surface area contributed by atoms with Crippen LogP contribution in [0.5, 0.6) is 0 Å². The second kappa shape index (κ2) is 17.6. The van der Waals surface area contributed by atoms with Gasteiger partial charge in [-0.05, 0) is 98.4 Å². The highest BCUT2D eigenvalue weighted by Gasteiger charge is 2.38. The van der Waals surface area contributed by atoms with Crippen LogP contribution in [0, 0.1) is 5.92 Å². The molecular formula is C46H57N9O5. The zero-order valence-corrected chi connectivity index (χ0v) is 35.6. The Hall–Kier alpha value is -6.18. The molecular weight excluding hydrogens is 759 g/mol. The molecule has 7 rings (SSSR count). The molecule has 2 aromatic heterocycles. The summed E-state index contributed by atoms with van der Waals surface area (Å²) in [6.07, 6.45) is 6.81. The molecule has 4 heterocycles. The van der Waals surface area contributed by atoms with Crippen LogP contribution in [0.25, 0.3) is 44.4 Å². The average molecular weight is 816 g/mol. The molecule has 5 amide bonds. The number of nitrogens with one attached hydrogen (secondary N) is 5. The van der Waals surface area contributed by atoms with Crippen molar-refractivity contribution >= 4 is 34.7 Å². The SMILES string of the molecule is CCC(NC(=O)NC(C)(C)C)C(=O)N1CCCC1c1ncc(-c2ccc(-c3ccc4cc(-c5cnc(C6CCCN6C(=O)C(NC(=O)OC)C(C)C)[nH]5)ccc4c3)cc2)[nH]1. The monoisotopic (exact) mass is 815 g/mol. The topological polar surface area (TPSA) is 177 Å². The van der Waals surface area contributed by atoms with Crippen LogP contribution < -0.4 is 16.0 Å². The van der Waals surface area contributed by atoms with Crippen LogP contribution in [-0.2, 0) is 14.3 Å². The number of methoxy groups -OCH3 is 1. The van der Waals surface area contributed by atoms with Crippen molar-refractivity contribution in [1.29, 1.82) is 0 Å². The maximum absolute atomic E-state index is 13.6. The molecule has 2 aliphatic heterocycles. The largest absolute Gasteiger partial charge is 0.453 e. The molecule has 3 aromatic carbocycles. The fourth-order valence-corrected chi connectivity index (χ4v) is 8.32.